The monoisotopic (exact) mass is 411 g/mol. The third-order valence-electron chi connectivity index (χ3n) is 5.86. The zero-order chi connectivity index (χ0) is 21.5. The maximum atomic E-state index is 13.6. The molecule has 0 aliphatic carbocycles. The summed E-state index contributed by atoms with van der Waals surface area (Å²) in [6.45, 7) is 6.00. The SMILES string of the molecule is C/C(=C(\C(=O)c1ccc(OCCN2CCCC2)cc1)c1ccccc1)c1ccccc1. The van der Waals surface area contributed by atoms with Gasteiger partial charge in [0.1, 0.15) is 12.4 Å². The van der Waals surface area contributed by atoms with E-state index in [9.17, 15) is 4.79 Å². The third kappa shape index (κ3) is 5.31. The molecule has 3 aromatic carbocycles. The van der Waals surface area contributed by atoms with E-state index in [0.29, 0.717) is 12.2 Å². The summed E-state index contributed by atoms with van der Waals surface area (Å²) in [5.41, 5.74) is 4.36. The quantitative estimate of drug-likeness (QED) is 0.260. The molecule has 31 heavy (non-hydrogen) atoms. The lowest BCUT2D eigenvalue weighted by Crippen LogP contribution is -2.25. The Balaban J connectivity index is 1.54. The lowest BCUT2D eigenvalue weighted by Gasteiger charge is -2.15. The molecule has 3 heteroatoms. The second kappa shape index (κ2) is 10.2. The summed E-state index contributed by atoms with van der Waals surface area (Å²) in [4.78, 5) is 16.0. The number of ketones is 1. The molecule has 3 nitrogen and oxygen atoms in total. The van der Waals surface area contributed by atoms with Crippen LogP contribution < -0.4 is 4.74 Å². The van der Waals surface area contributed by atoms with E-state index in [-0.39, 0.29) is 5.78 Å². The van der Waals surface area contributed by atoms with Gasteiger partial charge >= 0.3 is 0 Å². The van der Waals surface area contributed by atoms with Crippen LogP contribution in [0.2, 0.25) is 0 Å². The standard InChI is InChI=1S/C28H29NO2/c1-22(23-10-4-2-5-11-23)27(24-12-6-3-7-13-24)28(30)25-14-16-26(17-15-25)31-21-20-29-18-8-9-19-29/h2-7,10-17H,8-9,18-21H2,1H3/b27-22+. The van der Waals surface area contributed by atoms with Gasteiger partial charge < -0.3 is 4.74 Å². The number of nitrogens with zero attached hydrogens (tertiary/aromatic N) is 1. The van der Waals surface area contributed by atoms with Crippen LogP contribution in [0, 0.1) is 0 Å². The van der Waals surface area contributed by atoms with Gasteiger partial charge in [0.05, 0.1) is 0 Å². The number of Topliss-reactive ketones (excluding diaryl/α,β-unsaturated/α-hetero) is 1. The fourth-order valence-electron chi connectivity index (χ4n) is 4.10. The van der Waals surface area contributed by atoms with Crippen LogP contribution >= 0.6 is 0 Å². The van der Waals surface area contributed by atoms with Gasteiger partial charge in [-0.1, -0.05) is 60.7 Å². The molecule has 0 N–H and O–H groups in total. The molecular weight excluding hydrogens is 382 g/mol. The number of carbonyl (C=O) groups is 1. The molecule has 1 aliphatic rings. The molecule has 3 aromatic rings. The number of hydrogen-bond acceptors (Lipinski definition) is 3. The van der Waals surface area contributed by atoms with Gasteiger partial charge in [-0.3, -0.25) is 9.69 Å². The van der Waals surface area contributed by atoms with Gasteiger partial charge in [-0.25, -0.2) is 0 Å². The summed E-state index contributed by atoms with van der Waals surface area (Å²) < 4.78 is 5.90. The van der Waals surface area contributed by atoms with Gasteiger partial charge in [-0.2, -0.15) is 0 Å². The first-order valence-corrected chi connectivity index (χ1v) is 11.0. The van der Waals surface area contributed by atoms with Crippen LogP contribution in [0.1, 0.15) is 41.3 Å². The van der Waals surface area contributed by atoms with Gasteiger partial charge in [0.25, 0.3) is 0 Å². The molecule has 1 saturated heterocycles. The van der Waals surface area contributed by atoms with Crippen LogP contribution in [0.25, 0.3) is 11.1 Å². The zero-order valence-electron chi connectivity index (χ0n) is 18.1. The number of benzene rings is 3. The number of carbonyl (C=O) groups excluding carboxylic acids is 1. The predicted molar refractivity (Wildman–Crippen MR) is 127 cm³/mol. The molecular formula is C28H29NO2. The number of rotatable bonds is 8. The van der Waals surface area contributed by atoms with Crippen LogP contribution in [0.4, 0.5) is 0 Å². The number of allylic oxidation sites excluding steroid dienone is 2. The highest BCUT2D eigenvalue weighted by atomic mass is 16.5. The highest BCUT2D eigenvalue weighted by Gasteiger charge is 2.18. The normalized spacial score (nSPS) is 14.9. The first kappa shape index (κ1) is 21.1. The molecule has 0 spiro atoms. The minimum Gasteiger partial charge on any atom is -0.492 e. The lowest BCUT2D eigenvalue weighted by molar-refractivity contribution is 0.105. The summed E-state index contributed by atoms with van der Waals surface area (Å²) in [5, 5.41) is 0. The molecule has 1 heterocycles. The van der Waals surface area contributed by atoms with E-state index >= 15 is 0 Å². The van der Waals surface area contributed by atoms with Gasteiger partial charge in [0.2, 0.25) is 0 Å². The molecule has 0 radical (unpaired) electrons. The Hall–Kier alpha value is -3.17. The largest absolute Gasteiger partial charge is 0.492 e. The molecule has 0 unspecified atom stereocenters. The second-order valence-electron chi connectivity index (χ2n) is 7.98. The van der Waals surface area contributed by atoms with E-state index in [1.807, 2.05) is 91.9 Å². The van der Waals surface area contributed by atoms with Gasteiger partial charge in [-0.05, 0) is 73.8 Å². The fourth-order valence-corrected chi connectivity index (χ4v) is 4.10. The van der Waals surface area contributed by atoms with Crippen molar-refractivity contribution < 1.29 is 9.53 Å². The first-order valence-electron chi connectivity index (χ1n) is 11.0. The van der Waals surface area contributed by atoms with Crippen LogP contribution in [-0.2, 0) is 0 Å². The molecule has 158 valence electrons. The van der Waals surface area contributed by atoms with Crippen molar-refractivity contribution in [2.75, 3.05) is 26.2 Å². The molecule has 0 saturated carbocycles. The maximum absolute atomic E-state index is 13.6. The van der Waals surface area contributed by atoms with Gasteiger partial charge in [0.15, 0.2) is 5.78 Å². The zero-order valence-corrected chi connectivity index (χ0v) is 18.1. The van der Waals surface area contributed by atoms with Gasteiger partial charge in [-0.15, -0.1) is 0 Å². The van der Waals surface area contributed by atoms with E-state index in [0.717, 1.165) is 34.6 Å². The van der Waals surface area contributed by atoms with Crippen molar-refractivity contribution >= 4 is 16.9 Å². The summed E-state index contributed by atoms with van der Waals surface area (Å²) in [7, 11) is 0. The molecule has 4 rings (SSSR count). The van der Waals surface area contributed by atoms with E-state index in [2.05, 4.69) is 4.90 Å². The Morgan fingerprint density at radius 2 is 1.35 bits per heavy atom. The summed E-state index contributed by atoms with van der Waals surface area (Å²) in [6, 6.07) is 27.5. The number of hydrogen-bond donors (Lipinski definition) is 0. The van der Waals surface area contributed by atoms with Crippen LogP contribution in [0.5, 0.6) is 5.75 Å². The second-order valence-corrected chi connectivity index (χ2v) is 7.98. The number of ether oxygens (including phenoxy) is 1. The number of likely N-dealkylation sites (tertiary alicyclic amines) is 1. The fraction of sp³-hybridized carbons (Fsp3) is 0.250. The van der Waals surface area contributed by atoms with Crippen molar-refractivity contribution in [3.8, 4) is 5.75 Å². The Labute approximate surface area is 185 Å². The van der Waals surface area contributed by atoms with Crippen LogP contribution in [0.15, 0.2) is 84.9 Å². The van der Waals surface area contributed by atoms with Crippen LogP contribution in [0.3, 0.4) is 0 Å². The highest BCUT2D eigenvalue weighted by Crippen LogP contribution is 2.29. The smallest absolute Gasteiger partial charge is 0.193 e. The Morgan fingerprint density at radius 3 is 1.97 bits per heavy atom. The average Bonchev–Trinajstić information content (AvgIpc) is 3.34. The van der Waals surface area contributed by atoms with Crippen molar-refractivity contribution in [1.82, 2.24) is 4.90 Å². The molecule has 1 fully saturated rings. The topological polar surface area (TPSA) is 29.5 Å². The predicted octanol–water partition coefficient (Wildman–Crippen LogP) is 5.97. The molecule has 0 atom stereocenters. The summed E-state index contributed by atoms with van der Waals surface area (Å²) in [5.74, 6) is 0.830. The van der Waals surface area contributed by atoms with E-state index < -0.39 is 0 Å². The van der Waals surface area contributed by atoms with Crippen molar-refractivity contribution in [2.24, 2.45) is 0 Å². The van der Waals surface area contributed by atoms with E-state index in [1.165, 1.54) is 25.9 Å². The minimum absolute atomic E-state index is 0.0242. The molecule has 0 amide bonds. The maximum Gasteiger partial charge on any atom is 0.193 e. The van der Waals surface area contributed by atoms with Crippen LogP contribution in [-0.4, -0.2) is 36.9 Å². The molecule has 0 bridgehead atoms. The van der Waals surface area contributed by atoms with Gasteiger partial charge in [0, 0.05) is 17.7 Å². The molecule has 1 aliphatic heterocycles. The lowest BCUT2D eigenvalue weighted by atomic mass is 9.90. The third-order valence-corrected chi connectivity index (χ3v) is 5.86. The first-order chi connectivity index (χ1) is 15.2. The van der Waals surface area contributed by atoms with Crippen molar-refractivity contribution in [2.45, 2.75) is 19.8 Å². The highest BCUT2D eigenvalue weighted by molar-refractivity contribution is 6.34. The molecule has 0 aromatic heterocycles. The average molecular weight is 412 g/mol. The minimum atomic E-state index is 0.0242. The van der Waals surface area contributed by atoms with E-state index in [4.69, 9.17) is 4.74 Å². The van der Waals surface area contributed by atoms with Crippen molar-refractivity contribution in [3.05, 3.63) is 102 Å². The van der Waals surface area contributed by atoms with Crippen molar-refractivity contribution in [1.29, 1.82) is 0 Å². The summed E-state index contributed by atoms with van der Waals surface area (Å²) >= 11 is 0. The summed E-state index contributed by atoms with van der Waals surface area (Å²) in [6.07, 6.45) is 2.58. The Bertz CT molecular complexity index is 1020. The van der Waals surface area contributed by atoms with Crippen molar-refractivity contribution in [3.63, 3.8) is 0 Å². The Morgan fingerprint density at radius 1 is 0.774 bits per heavy atom. The van der Waals surface area contributed by atoms with E-state index in [1.54, 1.807) is 0 Å². The Kier molecular flexibility index (Phi) is 6.96.